The number of carboxylic acid groups (broad SMARTS) is 1. The first-order valence-corrected chi connectivity index (χ1v) is 24.1. The van der Waals surface area contributed by atoms with E-state index in [1.165, 1.54) is 0 Å². The zero-order valence-corrected chi connectivity index (χ0v) is 41.2. The number of aliphatic carboxylic acids is 1. The van der Waals surface area contributed by atoms with Crippen molar-refractivity contribution in [3.05, 3.63) is 203 Å². The van der Waals surface area contributed by atoms with E-state index in [0.29, 0.717) is 24.9 Å². The van der Waals surface area contributed by atoms with Crippen molar-refractivity contribution in [1.29, 1.82) is 0 Å². The summed E-state index contributed by atoms with van der Waals surface area (Å²) < 4.78 is 10.5. The second kappa shape index (κ2) is 32.0. The van der Waals surface area contributed by atoms with E-state index < -0.39 is 42.1 Å². The fourth-order valence-electron chi connectivity index (χ4n) is 7.16. The Balaban J connectivity index is 0.000000275. The van der Waals surface area contributed by atoms with Crippen molar-refractivity contribution < 1.29 is 53.6 Å². The van der Waals surface area contributed by atoms with Crippen LogP contribution in [0.2, 0.25) is 0 Å². The Kier molecular flexibility index (Phi) is 25.1. The fraction of sp³-hybridized carbons (Fsp3) is 0.276. The third kappa shape index (κ3) is 21.8. The molecule has 73 heavy (non-hydrogen) atoms. The highest BCUT2D eigenvalue weighted by atomic mass is 16.6. The second-order valence-electron chi connectivity index (χ2n) is 17.0. The van der Waals surface area contributed by atoms with Crippen LogP contribution in [-0.4, -0.2) is 63.0 Å². The van der Waals surface area contributed by atoms with Gasteiger partial charge in [-0.15, -0.1) is 0 Å². The molecule has 8 N–H and O–H groups in total. The predicted molar refractivity (Wildman–Crippen MR) is 280 cm³/mol. The third-order valence-electron chi connectivity index (χ3n) is 11.5. The number of hydrogen-bond acceptors (Lipinski definition) is 11. The molecule has 0 unspecified atom stereocenters. The number of carboxylic acids is 1. The Bertz CT molecular complexity index is 2580. The van der Waals surface area contributed by atoms with Crippen LogP contribution in [0.4, 0.5) is 21.0 Å². The molecule has 0 fully saturated rings. The van der Waals surface area contributed by atoms with Gasteiger partial charge in [0.2, 0.25) is 5.91 Å². The number of amides is 3. The first-order chi connectivity index (χ1) is 35.3. The maximum atomic E-state index is 13.3. The number of benzene rings is 6. The smallest absolute Gasteiger partial charge is 0.408 e. The quantitative estimate of drug-likeness (QED) is 0.0298. The number of aliphatic hydroxyl groups is 2. The summed E-state index contributed by atoms with van der Waals surface area (Å²) in [7, 11) is 0. The van der Waals surface area contributed by atoms with Crippen LogP contribution in [0.25, 0.3) is 0 Å². The van der Waals surface area contributed by atoms with Crippen LogP contribution in [-0.2, 0) is 67.9 Å². The van der Waals surface area contributed by atoms with Gasteiger partial charge in [-0.1, -0.05) is 159 Å². The number of nitrogens with one attached hydrogen (secondary N) is 3. The molecule has 0 aliphatic carbocycles. The van der Waals surface area contributed by atoms with Crippen molar-refractivity contribution in [3.63, 3.8) is 0 Å². The van der Waals surface area contributed by atoms with Crippen molar-refractivity contribution in [2.45, 2.75) is 90.9 Å². The van der Waals surface area contributed by atoms with E-state index in [0.717, 1.165) is 39.1 Å². The van der Waals surface area contributed by atoms with E-state index in [1.54, 1.807) is 55.5 Å². The molecule has 0 spiro atoms. The number of Topliss-reactive ketones (excluding diaryl/α,β-unsaturated/α-hetero) is 2. The number of carbonyl (C=O) groups excluding carboxylic acids is 5. The topological polar surface area (TPSA) is 244 Å². The zero-order valence-electron chi connectivity index (χ0n) is 41.2. The highest BCUT2D eigenvalue weighted by Gasteiger charge is 2.29. The Morgan fingerprint density at radius 1 is 0.479 bits per heavy atom. The Labute approximate surface area is 426 Å². The Hall–Kier alpha value is -8.14. The molecule has 0 bridgehead atoms. The molecule has 0 aromatic heterocycles. The normalized spacial score (nSPS) is 12.1. The summed E-state index contributed by atoms with van der Waals surface area (Å²) in [6.07, 6.45) is -0.177. The van der Waals surface area contributed by atoms with Gasteiger partial charge in [0, 0.05) is 30.1 Å². The molecule has 15 heteroatoms. The number of hydrogen-bond donors (Lipinski definition) is 7. The summed E-state index contributed by atoms with van der Waals surface area (Å²) in [6, 6.07) is 49.5. The zero-order chi connectivity index (χ0) is 52.8. The molecule has 6 aromatic carbocycles. The van der Waals surface area contributed by atoms with Gasteiger partial charge in [0.25, 0.3) is 0 Å². The predicted octanol–water partition coefficient (Wildman–Crippen LogP) is 9.00. The molecular weight excluding hydrogens is 929 g/mol. The van der Waals surface area contributed by atoms with Gasteiger partial charge in [0.1, 0.15) is 13.2 Å². The van der Waals surface area contributed by atoms with Crippen LogP contribution < -0.4 is 21.7 Å². The fourth-order valence-corrected chi connectivity index (χ4v) is 7.16. The van der Waals surface area contributed by atoms with Crippen molar-refractivity contribution in [3.8, 4) is 0 Å². The molecule has 384 valence electrons. The number of anilines is 2. The van der Waals surface area contributed by atoms with E-state index in [1.807, 2.05) is 128 Å². The number of ketones is 2. The molecule has 6 rings (SSSR count). The van der Waals surface area contributed by atoms with Crippen molar-refractivity contribution in [2.75, 3.05) is 11.1 Å². The van der Waals surface area contributed by atoms with Gasteiger partial charge in [0.05, 0.1) is 31.2 Å². The summed E-state index contributed by atoms with van der Waals surface area (Å²) in [5, 5.41) is 35.1. The molecule has 6 aromatic rings. The van der Waals surface area contributed by atoms with E-state index in [2.05, 4.69) is 16.0 Å². The SMILES string of the molecule is CC[C@H](CC(=O)[C@H](Cc1ccccc1)NC(=O)OCc1ccccc1)C(=O)Nc1ccc(CO)cc1.CC[C@H](CC(=O)[C@H](Cc1ccccc1)NC(=O)OCc1ccccc1)C(=O)O.Nc1ccc(CO)cc1. The van der Waals surface area contributed by atoms with Gasteiger partial charge in [0.15, 0.2) is 11.6 Å². The summed E-state index contributed by atoms with van der Waals surface area (Å²) in [4.78, 5) is 74.9. The van der Waals surface area contributed by atoms with Crippen LogP contribution in [0.1, 0.15) is 72.9 Å². The second-order valence-corrected chi connectivity index (χ2v) is 17.0. The van der Waals surface area contributed by atoms with E-state index in [9.17, 15) is 39.0 Å². The van der Waals surface area contributed by atoms with Crippen molar-refractivity contribution >= 4 is 47.0 Å². The van der Waals surface area contributed by atoms with E-state index in [4.69, 9.17) is 20.3 Å². The number of nitrogen functional groups attached to an aromatic ring is 1. The lowest BCUT2D eigenvalue weighted by Crippen LogP contribution is -2.44. The van der Waals surface area contributed by atoms with Crippen LogP contribution >= 0.6 is 0 Å². The van der Waals surface area contributed by atoms with Gasteiger partial charge in [-0.2, -0.15) is 0 Å². The van der Waals surface area contributed by atoms with Gasteiger partial charge in [-0.25, -0.2) is 9.59 Å². The molecule has 4 atom stereocenters. The molecule has 0 saturated heterocycles. The van der Waals surface area contributed by atoms with Crippen LogP contribution in [0, 0.1) is 11.8 Å². The molecule has 0 radical (unpaired) electrons. The minimum Gasteiger partial charge on any atom is -0.481 e. The average Bonchev–Trinajstić information content (AvgIpc) is 3.41. The first kappa shape index (κ1) is 57.4. The standard InChI is InChI=1S/C29H32N2O5.C22H25NO5.C7H9NO/c1-2-24(28(34)30-25-15-13-22(19-32)14-16-25)18-27(33)26(17-21-9-5-3-6-10-21)31-29(35)36-20-23-11-7-4-8-12-23;1-2-18(21(25)26)14-20(24)19(13-16-9-5-3-6-10-16)23-22(27)28-15-17-11-7-4-8-12-17;8-7-3-1-6(5-9)2-4-7/h3-16,24,26,32H,2,17-20H2,1H3,(H,30,34)(H,31,35);3-12,18-19H,2,13-15H2,1H3,(H,23,27)(H,25,26);1-4,9H,5,8H2/t24-,26+;18-,19+;/m11./s1. The summed E-state index contributed by atoms with van der Waals surface area (Å²) >= 11 is 0. The Morgan fingerprint density at radius 2 is 0.836 bits per heavy atom. The number of alkyl carbamates (subject to hydrolysis) is 2. The molecule has 0 saturated carbocycles. The first-order valence-electron chi connectivity index (χ1n) is 24.1. The maximum absolute atomic E-state index is 13.3. The maximum Gasteiger partial charge on any atom is 0.408 e. The number of nitrogens with two attached hydrogens (primary N) is 1. The molecule has 15 nitrogen and oxygen atoms in total. The van der Waals surface area contributed by atoms with Crippen molar-refractivity contribution in [2.24, 2.45) is 11.8 Å². The van der Waals surface area contributed by atoms with Gasteiger partial charge < -0.3 is 46.5 Å². The largest absolute Gasteiger partial charge is 0.481 e. The molecule has 3 amide bonds. The summed E-state index contributed by atoms with van der Waals surface area (Å²) in [6.45, 7) is 3.75. The van der Waals surface area contributed by atoms with Crippen LogP contribution in [0.15, 0.2) is 170 Å². The van der Waals surface area contributed by atoms with Crippen LogP contribution in [0.3, 0.4) is 0 Å². The Morgan fingerprint density at radius 3 is 1.19 bits per heavy atom. The molecule has 0 heterocycles. The summed E-state index contributed by atoms with van der Waals surface area (Å²) in [5.41, 5.74) is 11.8. The van der Waals surface area contributed by atoms with E-state index in [-0.39, 0.29) is 63.2 Å². The van der Waals surface area contributed by atoms with Crippen LogP contribution in [0.5, 0.6) is 0 Å². The minimum absolute atomic E-state index is 0.0203. The van der Waals surface area contributed by atoms with Gasteiger partial charge >= 0.3 is 18.2 Å². The number of aliphatic hydroxyl groups excluding tert-OH is 2. The van der Waals surface area contributed by atoms with Gasteiger partial charge in [-0.05, 0) is 83.3 Å². The number of carbonyl (C=O) groups is 6. The highest BCUT2D eigenvalue weighted by molar-refractivity contribution is 5.97. The van der Waals surface area contributed by atoms with E-state index >= 15 is 0 Å². The lowest BCUT2D eigenvalue weighted by molar-refractivity contribution is -0.144. The number of ether oxygens (including phenoxy) is 2. The lowest BCUT2D eigenvalue weighted by atomic mass is 9.92. The number of rotatable bonds is 23. The highest BCUT2D eigenvalue weighted by Crippen LogP contribution is 2.18. The molecule has 0 aliphatic rings. The molecule has 0 aliphatic heterocycles. The minimum atomic E-state index is -1.01. The lowest BCUT2D eigenvalue weighted by Gasteiger charge is -2.21. The third-order valence-corrected chi connectivity index (χ3v) is 11.5. The molecular formula is C58H66N4O11. The van der Waals surface area contributed by atoms with Gasteiger partial charge in [-0.3, -0.25) is 19.2 Å². The summed E-state index contributed by atoms with van der Waals surface area (Å²) in [5.74, 6) is -3.18. The van der Waals surface area contributed by atoms with Crippen molar-refractivity contribution in [1.82, 2.24) is 10.6 Å². The monoisotopic (exact) mass is 994 g/mol. The average molecular weight is 995 g/mol.